The summed E-state index contributed by atoms with van der Waals surface area (Å²) in [5.74, 6) is 0.172. The van der Waals surface area contributed by atoms with E-state index in [0.29, 0.717) is 13.2 Å². The van der Waals surface area contributed by atoms with Gasteiger partial charge in [-0.05, 0) is 31.4 Å². The molecule has 0 aliphatic heterocycles. The van der Waals surface area contributed by atoms with Gasteiger partial charge in [0.15, 0.2) is 0 Å². The van der Waals surface area contributed by atoms with Crippen LogP contribution in [0.25, 0.3) is 10.6 Å². The molecule has 5 nitrogen and oxygen atoms in total. The molecule has 0 saturated heterocycles. The number of pyridine rings is 1. The van der Waals surface area contributed by atoms with Crippen molar-refractivity contribution >= 4 is 17.2 Å². The second-order valence-corrected chi connectivity index (χ2v) is 6.44. The number of carbonyl (C=O) groups excluding carboxylic acids is 1. The van der Waals surface area contributed by atoms with Crippen LogP contribution in [0.5, 0.6) is 0 Å². The Morgan fingerprint density at radius 2 is 2.45 bits per heavy atom. The minimum atomic E-state index is 0.0477. The number of nitrogens with zero attached hydrogens (tertiary/aromatic N) is 2. The maximum absolute atomic E-state index is 12.2. The molecule has 1 amide bonds. The third-order valence-corrected chi connectivity index (χ3v) is 4.99. The van der Waals surface area contributed by atoms with Crippen molar-refractivity contribution in [2.24, 2.45) is 5.92 Å². The zero-order valence-corrected chi connectivity index (χ0v) is 13.4. The number of methoxy groups -OCH3 is 1. The lowest BCUT2D eigenvalue weighted by atomic mass is 9.90. The number of ether oxygens (including phenoxy) is 1. The highest BCUT2D eigenvalue weighted by Gasteiger charge is 2.27. The van der Waals surface area contributed by atoms with Crippen LogP contribution in [0.2, 0.25) is 0 Å². The van der Waals surface area contributed by atoms with Crippen molar-refractivity contribution in [2.45, 2.75) is 19.3 Å². The molecule has 0 radical (unpaired) electrons. The van der Waals surface area contributed by atoms with Gasteiger partial charge in [-0.15, -0.1) is 11.3 Å². The molecule has 0 spiro atoms. The van der Waals surface area contributed by atoms with Crippen LogP contribution >= 0.6 is 11.3 Å². The molecule has 1 aliphatic carbocycles. The first-order valence-corrected chi connectivity index (χ1v) is 8.25. The van der Waals surface area contributed by atoms with E-state index in [0.717, 1.165) is 35.5 Å². The van der Waals surface area contributed by atoms with Crippen LogP contribution < -0.4 is 5.32 Å². The third kappa shape index (κ3) is 3.34. The highest BCUT2D eigenvalue weighted by Crippen LogP contribution is 2.34. The Hall–Kier alpha value is -1.79. The lowest BCUT2D eigenvalue weighted by Crippen LogP contribution is -2.35. The third-order valence-electron chi connectivity index (χ3n) is 3.82. The van der Waals surface area contributed by atoms with Crippen LogP contribution in [0.15, 0.2) is 24.5 Å². The fourth-order valence-electron chi connectivity index (χ4n) is 2.63. The summed E-state index contributed by atoms with van der Waals surface area (Å²) in [4.78, 5) is 22.3. The summed E-state index contributed by atoms with van der Waals surface area (Å²) in [7, 11) is 1.64. The average molecular weight is 317 g/mol. The van der Waals surface area contributed by atoms with E-state index in [4.69, 9.17) is 9.72 Å². The van der Waals surface area contributed by atoms with Crippen LogP contribution in [-0.2, 0) is 22.4 Å². The Bertz CT molecular complexity index is 642. The zero-order chi connectivity index (χ0) is 15.4. The second kappa shape index (κ2) is 6.98. The summed E-state index contributed by atoms with van der Waals surface area (Å²) in [5, 5.41) is 3.93. The molecule has 1 aliphatic rings. The molecule has 0 saturated carbocycles. The molecule has 6 heteroatoms. The van der Waals surface area contributed by atoms with Gasteiger partial charge in [0.25, 0.3) is 0 Å². The van der Waals surface area contributed by atoms with Crippen LogP contribution in [-0.4, -0.2) is 36.1 Å². The van der Waals surface area contributed by atoms with Gasteiger partial charge in [0.2, 0.25) is 5.91 Å². The van der Waals surface area contributed by atoms with E-state index in [1.54, 1.807) is 24.6 Å². The van der Waals surface area contributed by atoms with Gasteiger partial charge in [-0.2, -0.15) is 0 Å². The largest absolute Gasteiger partial charge is 0.383 e. The minimum Gasteiger partial charge on any atom is -0.383 e. The Balaban J connectivity index is 1.68. The number of nitrogens with one attached hydrogen (secondary N) is 1. The molecule has 1 unspecified atom stereocenters. The molecule has 2 aromatic rings. The molecule has 2 heterocycles. The predicted octanol–water partition coefficient (Wildman–Crippen LogP) is 2.07. The number of amides is 1. The van der Waals surface area contributed by atoms with Gasteiger partial charge in [0, 0.05) is 42.4 Å². The second-order valence-electron chi connectivity index (χ2n) is 5.35. The van der Waals surface area contributed by atoms with E-state index in [1.807, 2.05) is 18.3 Å². The predicted molar refractivity (Wildman–Crippen MR) is 85.7 cm³/mol. The number of hydrogen-bond acceptors (Lipinski definition) is 5. The lowest BCUT2D eigenvalue weighted by Gasteiger charge is -2.20. The maximum atomic E-state index is 12.2. The Labute approximate surface area is 133 Å². The topological polar surface area (TPSA) is 64.1 Å². The smallest absolute Gasteiger partial charge is 0.223 e. The Morgan fingerprint density at radius 3 is 3.23 bits per heavy atom. The number of carbonyl (C=O) groups is 1. The standard InChI is InChI=1S/C16H19N3O2S/c1-21-8-7-18-15(20)11-4-5-13-14(9-11)22-16(19-13)12-3-2-6-17-10-12/h2-3,6,10-11H,4-5,7-9H2,1H3,(H,18,20). The highest BCUT2D eigenvalue weighted by molar-refractivity contribution is 7.15. The Kier molecular flexibility index (Phi) is 4.80. The molecular weight excluding hydrogens is 298 g/mol. The summed E-state index contributed by atoms with van der Waals surface area (Å²) >= 11 is 1.68. The van der Waals surface area contributed by atoms with Crippen molar-refractivity contribution in [1.82, 2.24) is 15.3 Å². The van der Waals surface area contributed by atoms with Gasteiger partial charge in [0.05, 0.1) is 12.3 Å². The van der Waals surface area contributed by atoms with Crippen LogP contribution in [0.4, 0.5) is 0 Å². The Morgan fingerprint density at radius 1 is 1.55 bits per heavy atom. The number of aromatic nitrogens is 2. The fourth-order valence-corrected chi connectivity index (χ4v) is 3.81. The van der Waals surface area contributed by atoms with E-state index >= 15 is 0 Å². The number of hydrogen-bond donors (Lipinski definition) is 1. The normalized spacial score (nSPS) is 17.0. The van der Waals surface area contributed by atoms with E-state index in [-0.39, 0.29) is 11.8 Å². The van der Waals surface area contributed by atoms with Crippen LogP contribution in [0.3, 0.4) is 0 Å². The summed E-state index contributed by atoms with van der Waals surface area (Å²) < 4.78 is 4.96. The van der Waals surface area contributed by atoms with Gasteiger partial charge in [-0.1, -0.05) is 0 Å². The maximum Gasteiger partial charge on any atom is 0.223 e. The molecule has 116 valence electrons. The van der Waals surface area contributed by atoms with Crippen molar-refractivity contribution in [3.05, 3.63) is 35.1 Å². The molecule has 0 bridgehead atoms. The van der Waals surface area contributed by atoms with Crippen LogP contribution in [0.1, 0.15) is 17.0 Å². The molecule has 0 aromatic carbocycles. The first-order valence-electron chi connectivity index (χ1n) is 7.43. The summed E-state index contributed by atoms with van der Waals surface area (Å²) in [5.41, 5.74) is 2.19. The monoisotopic (exact) mass is 317 g/mol. The molecule has 22 heavy (non-hydrogen) atoms. The van der Waals surface area contributed by atoms with Crippen molar-refractivity contribution in [2.75, 3.05) is 20.3 Å². The average Bonchev–Trinajstić information content (AvgIpc) is 2.99. The number of fused-ring (bicyclic) bond motifs is 1. The summed E-state index contributed by atoms with van der Waals surface area (Å²) in [6.45, 7) is 1.12. The van der Waals surface area contributed by atoms with Gasteiger partial charge in [-0.3, -0.25) is 9.78 Å². The number of aryl methyl sites for hydroxylation is 1. The first-order chi connectivity index (χ1) is 10.8. The summed E-state index contributed by atoms with van der Waals surface area (Å²) in [6, 6.07) is 3.94. The van der Waals surface area contributed by atoms with Crippen molar-refractivity contribution < 1.29 is 9.53 Å². The van der Waals surface area contributed by atoms with Gasteiger partial charge in [-0.25, -0.2) is 4.98 Å². The molecule has 1 atom stereocenters. The van der Waals surface area contributed by atoms with E-state index in [1.165, 1.54) is 4.88 Å². The molecule has 1 N–H and O–H groups in total. The quantitative estimate of drug-likeness (QED) is 0.858. The highest BCUT2D eigenvalue weighted by atomic mass is 32.1. The van der Waals surface area contributed by atoms with Crippen molar-refractivity contribution in [3.63, 3.8) is 0 Å². The first kappa shape index (κ1) is 15.1. The fraction of sp³-hybridized carbons (Fsp3) is 0.438. The van der Waals surface area contributed by atoms with E-state index < -0.39 is 0 Å². The van der Waals surface area contributed by atoms with E-state index in [9.17, 15) is 4.79 Å². The number of thiazole rings is 1. The SMILES string of the molecule is COCCNC(=O)C1CCc2nc(-c3cccnc3)sc2C1. The molecule has 0 fully saturated rings. The molecule has 3 rings (SSSR count). The summed E-state index contributed by atoms with van der Waals surface area (Å²) in [6.07, 6.45) is 6.11. The van der Waals surface area contributed by atoms with Gasteiger partial charge < -0.3 is 10.1 Å². The molecular formula is C16H19N3O2S. The van der Waals surface area contributed by atoms with Crippen LogP contribution in [0, 0.1) is 5.92 Å². The van der Waals surface area contributed by atoms with E-state index in [2.05, 4.69) is 10.3 Å². The zero-order valence-electron chi connectivity index (χ0n) is 12.5. The number of rotatable bonds is 5. The minimum absolute atomic E-state index is 0.0477. The lowest BCUT2D eigenvalue weighted by molar-refractivity contribution is -0.125. The molecule has 2 aromatic heterocycles. The van der Waals surface area contributed by atoms with Gasteiger partial charge >= 0.3 is 0 Å². The van der Waals surface area contributed by atoms with Gasteiger partial charge in [0.1, 0.15) is 5.01 Å². The van der Waals surface area contributed by atoms with Crippen molar-refractivity contribution in [1.29, 1.82) is 0 Å². The van der Waals surface area contributed by atoms with Crippen molar-refractivity contribution in [3.8, 4) is 10.6 Å².